The van der Waals surface area contributed by atoms with Gasteiger partial charge in [-0.2, -0.15) is 26.3 Å². The van der Waals surface area contributed by atoms with E-state index in [1.807, 2.05) is 0 Å². The van der Waals surface area contributed by atoms with Crippen molar-refractivity contribution >= 4 is 20.0 Å². The molecule has 0 rings (SSSR count). The molecule has 15 heteroatoms. The molecule has 0 aliphatic rings. The molecule has 0 atom stereocenters. The molecule has 0 radical (unpaired) electrons. The maximum Gasteiger partial charge on any atom is 3.00 e. The van der Waals surface area contributed by atoms with E-state index in [4.69, 9.17) is 0 Å². The number of alkyl halides is 6. The van der Waals surface area contributed by atoms with Crippen LogP contribution in [0.5, 0.6) is 0 Å². The first kappa shape index (κ1) is 22.5. The second-order valence-electron chi connectivity index (χ2n) is 1.98. The molecule has 0 fully saturated rings. The standard InChI is InChI=1S/2CH2F3NO2S.Sc/c2*2-1(3,4)8(5,6)7;/h2*(H2,5,6,7);/q;;+3. The number of sulfonamides is 2. The van der Waals surface area contributed by atoms with Gasteiger partial charge in [-0.25, -0.2) is 27.1 Å². The van der Waals surface area contributed by atoms with Crippen LogP contribution in [0.4, 0.5) is 26.3 Å². The third-order valence-corrected chi connectivity index (χ3v) is 1.94. The minimum absolute atomic E-state index is 0. The van der Waals surface area contributed by atoms with E-state index in [1.54, 1.807) is 0 Å². The molecule has 0 unspecified atom stereocenters. The fraction of sp³-hybridized carbons (Fsp3) is 1.00. The maximum atomic E-state index is 10.8. The van der Waals surface area contributed by atoms with E-state index in [2.05, 4.69) is 10.3 Å². The molecule has 0 aromatic carbocycles. The number of rotatable bonds is 0. The van der Waals surface area contributed by atoms with Crippen molar-refractivity contribution in [2.75, 3.05) is 0 Å². The van der Waals surface area contributed by atoms with Crippen molar-refractivity contribution in [3.63, 3.8) is 0 Å². The Labute approximate surface area is 110 Å². The first-order chi connectivity index (χ1) is 6.50. The average Bonchev–Trinajstić information content (AvgIpc) is 1.77. The van der Waals surface area contributed by atoms with Gasteiger partial charge < -0.3 is 0 Å². The zero-order valence-corrected chi connectivity index (χ0v) is 10.9. The van der Waals surface area contributed by atoms with Gasteiger partial charge >= 0.3 is 56.9 Å². The summed E-state index contributed by atoms with van der Waals surface area (Å²) in [5, 5.41) is 7.32. The van der Waals surface area contributed by atoms with Crippen molar-refractivity contribution in [1.82, 2.24) is 0 Å². The van der Waals surface area contributed by atoms with Gasteiger partial charge in [-0.1, -0.05) is 0 Å². The van der Waals surface area contributed by atoms with Crippen molar-refractivity contribution in [1.29, 1.82) is 0 Å². The fourth-order valence-corrected chi connectivity index (χ4v) is 0. The minimum atomic E-state index is -5.34. The molecule has 0 saturated carbocycles. The van der Waals surface area contributed by atoms with Crippen molar-refractivity contribution < 1.29 is 69.0 Å². The summed E-state index contributed by atoms with van der Waals surface area (Å²) in [6, 6.07) is 0. The molecular weight excluding hydrogens is 339 g/mol. The summed E-state index contributed by atoms with van der Waals surface area (Å²) in [6.07, 6.45) is 0. The van der Waals surface area contributed by atoms with E-state index in [9.17, 15) is 43.2 Å². The van der Waals surface area contributed by atoms with Gasteiger partial charge in [0.25, 0.3) is 0 Å². The number of nitrogens with two attached hydrogens (primary N) is 2. The van der Waals surface area contributed by atoms with Gasteiger partial charge in [0.1, 0.15) is 0 Å². The molecule has 4 N–H and O–H groups in total. The molecule has 100 valence electrons. The molecule has 0 aliphatic carbocycles. The molecule has 0 aromatic heterocycles. The maximum absolute atomic E-state index is 10.8. The van der Waals surface area contributed by atoms with Crippen LogP contribution in [0.25, 0.3) is 0 Å². The van der Waals surface area contributed by atoms with Gasteiger partial charge in [0, 0.05) is 0 Å². The van der Waals surface area contributed by atoms with Crippen LogP contribution in [0.2, 0.25) is 0 Å². The summed E-state index contributed by atoms with van der Waals surface area (Å²) in [5.74, 6) is 0. The molecule has 0 heterocycles. The number of hydrogen-bond acceptors (Lipinski definition) is 4. The molecule has 0 aliphatic heterocycles. The Balaban J connectivity index is -0.000000218. The SMILES string of the molecule is NS(=O)(=O)C(F)(F)F.NS(=O)(=O)C(F)(F)F.[Sc+3]. The normalized spacial score (nSPS) is 13.2. The Morgan fingerprint density at radius 2 is 0.706 bits per heavy atom. The van der Waals surface area contributed by atoms with E-state index < -0.39 is 31.1 Å². The molecule has 0 bridgehead atoms. The Morgan fingerprint density at radius 3 is 0.706 bits per heavy atom. The smallest absolute Gasteiger partial charge is 0.221 e. The van der Waals surface area contributed by atoms with Crippen molar-refractivity contribution in [3.8, 4) is 0 Å². The molecule has 6 nitrogen and oxygen atoms in total. The fourth-order valence-electron chi connectivity index (χ4n) is 0. The van der Waals surface area contributed by atoms with Crippen LogP contribution >= 0.6 is 0 Å². The summed E-state index contributed by atoms with van der Waals surface area (Å²) in [5.41, 5.74) is -10.6. The first-order valence-electron chi connectivity index (χ1n) is 2.68. The molecule has 0 saturated heterocycles. The predicted octanol–water partition coefficient (Wildman–Crippen LogP) is -0.413. The Kier molecular flexibility index (Phi) is 8.51. The number of halogens is 6. The summed E-state index contributed by atoms with van der Waals surface area (Å²) < 4.78 is 102. The van der Waals surface area contributed by atoms with Gasteiger partial charge in [0.05, 0.1) is 0 Å². The Morgan fingerprint density at radius 1 is 0.647 bits per heavy atom. The predicted molar refractivity (Wildman–Crippen MR) is 38.3 cm³/mol. The Bertz CT molecular complexity index is 380. The van der Waals surface area contributed by atoms with E-state index in [0.717, 1.165) is 0 Å². The van der Waals surface area contributed by atoms with Gasteiger partial charge in [0.15, 0.2) is 0 Å². The van der Waals surface area contributed by atoms with Crippen molar-refractivity contribution in [3.05, 3.63) is 0 Å². The van der Waals surface area contributed by atoms with Crippen LogP contribution in [0, 0.1) is 0 Å². The van der Waals surface area contributed by atoms with E-state index in [-0.39, 0.29) is 25.8 Å². The minimum Gasteiger partial charge on any atom is -0.221 e. The van der Waals surface area contributed by atoms with Gasteiger partial charge in [-0.3, -0.25) is 0 Å². The Hall–Kier alpha value is 0.270. The van der Waals surface area contributed by atoms with Gasteiger partial charge in [0.2, 0.25) is 0 Å². The van der Waals surface area contributed by atoms with E-state index >= 15 is 0 Å². The molecule has 0 aromatic rings. The molecule has 0 spiro atoms. The van der Waals surface area contributed by atoms with Crippen LogP contribution in [-0.4, -0.2) is 27.9 Å². The summed E-state index contributed by atoms with van der Waals surface area (Å²) in [4.78, 5) is 0. The van der Waals surface area contributed by atoms with E-state index in [1.165, 1.54) is 0 Å². The molecular formula is C2H4F6N2O4S2Sc+3. The first-order valence-corrected chi connectivity index (χ1v) is 5.77. The zero-order valence-electron chi connectivity index (χ0n) is 7.45. The number of primary sulfonamides is 2. The second-order valence-corrected chi connectivity index (χ2v) is 5.09. The monoisotopic (exact) mass is 343 g/mol. The van der Waals surface area contributed by atoms with Crippen molar-refractivity contribution in [2.24, 2.45) is 10.3 Å². The third-order valence-electron chi connectivity index (χ3n) is 0.645. The molecule has 0 amide bonds. The summed E-state index contributed by atoms with van der Waals surface area (Å²) in [6.45, 7) is 0. The van der Waals surface area contributed by atoms with Crippen LogP contribution in [-0.2, 0) is 45.9 Å². The largest absolute Gasteiger partial charge is 3.00 e. The van der Waals surface area contributed by atoms with Gasteiger partial charge in [-0.15, -0.1) is 0 Å². The number of hydrogen-bond donors (Lipinski definition) is 2. The third kappa shape index (κ3) is 9.93. The zero-order chi connectivity index (χ0) is 14.0. The quantitative estimate of drug-likeness (QED) is 0.581. The van der Waals surface area contributed by atoms with Crippen LogP contribution in [0.3, 0.4) is 0 Å². The average molecular weight is 343 g/mol. The van der Waals surface area contributed by atoms with Gasteiger partial charge in [-0.05, 0) is 0 Å². The van der Waals surface area contributed by atoms with Crippen LogP contribution in [0.15, 0.2) is 0 Å². The summed E-state index contributed by atoms with van der Waals surface area (Å²) >= 11 is 0. The molecule has 17 heavy (non-hydrogen) atoms. The van der Waals surface area contributed by atoms with Crippen LogP contribution < -0.4 is 10.3 Å². The van der Waals surface area contributed by atoms with Crippen LogP contribution in [0.1, 0.15) is 0 Å². The second kappa shape index (κ2) is 6.44. The summed E-state index contributed by atoms with van der Waals surface area (Å²) in [7, 11) is -10.7. The topological polar surface area (TPSA) is 120 Å². The van der Waals surface area contributed by atoms with E-state index in [0.29, 0.717) is 0 Å². The van der Waals surface area contributed by atoms with Crippen molar-refractivity contribution in [2.45, 2.75) is 11.0 Å².